The van der Waals surface area contributed by atoms with Gasteiger partial charge < -0.3 is 5.32 Å². The lowest BCUT2D eigenvalue weighted by Gasteiger charge is -2.17. The Morgan fingerprint density at radius 2 is 2.00 bits per heavy atom. The van der Waals surface area contributed by atoms with E-state index < -0.39 is 0 Å². The van der Waals surface area contributed by atoms with Gasteiger partial charge in [0.2, 0.25) is 0 Å². The summed E-state index contributed by atoms with van der Waals surface area (Å²) in [4.78, 5) is 4.80. The second kappa shape index (κ2) is 9.65. The van der Waals surface area contributed by atoms with Gasteiger partial charge in [-0.3, -0.25) is 0 Å². The number of rotatable bonds is 7. The third-order valence-corrected chi connectivity index (χ3v) is 4.89. The molecule has 1 N–H and O–H groups in total. The maximum atomic E-state index is 4.80. The lowest BCUT2D eigenvalue weighted by molar-refractivity contribution is 0.458. The Bertz CT molecular complexity index is 599. The van der Waals surface area contributed by atoms with Crippen LogP contribution in [-0.4, -0.2) is 20.6 Å². The second-order valence-electron chi connectivity index (χ2n) is 6.63. The molecule has 2 aromatic heterocycles. The lowest BCUT2D eigenvalue weighted by Crippen LogP contribution is -2.18. The van der Waals surface area contributed by atoms with Gasteiger partial charge in [-0.1, -0.05) is 59.8 Å². The molecule has 0 radical (unpaired) electrons. The van der Waals surface area contributed by atoms with Crippen LogP contribution < -0.4 is 5.32 Å². The largest absolute Gasteiger partial charge is 0.367 e. The van der Waals surface area contributed by atoms with Crippen molar-refractivity contribution in [3.63, 3.8) is 0 Å². The van der Waals surface area contributed by atoms with E-state index in [4.69, 9.17) is 4.98 Å². The lowest BCUT2D eigenvalue weighted by atomic mass is 9.95. The summed E-state index contributed by atoms with van der Waals surface area (Å²) in [6.07, 6.45) is 11.9. The Morgan fingerprint density at radius 1 is 1.25 bits per heavy atom. The van der Waals surface area contributed by atoms with Gasteiger partial charge in [0, 0.05) is 23.9 Å². The van der Waals surface area contributed by atoms with Gasteiger partial charge in [0.05, 0.1) is 6.20 Å². The molecule has 2 heterocycles. The van der Waals surface area contributed by atoms with Crippen LogP contribution in [0.2, 0.25) is 0 Å². The van der Waals surface area contributed by atoms with Gasteiger partial charge in [-0.05, 0) is 25.2 Å². The Balaban J connectivity index is 0.00000100. The van der Waals surface area contributed by atoms with Gasteiger partial charge >= 0.3 is 0 Å². The monoisotopic (exact) mass is 330 g/mol. The molecule has 1 saturated carbocycles. The zero-order valence-corrected chi connectivity index (χ0v) is 15.9. The Labute approximate surface area is 147 Å². The van der Waals surface area contributed by atoms with Gasteiger partial charge in [-0.15, -0.1) is 0 Å². The van der Waals surface area contributed by atoms with Gasteiger partial charge in [0.15, 0.2) is 5.65 Å². The van der Waals surface area contributed by atoms with E-state index in [1.807, 2.05) is 30.6 Å². The molecule has 1 atom stereocenters. The van der Waals surface area contributed by atoms with Crippen molar-refractivity contribution in [3.05, 3.63) is 24.0 Å². The average Bonchev–Trinajstić information content (AvgIpc) is 3.28. The number of anilines is 1. The van der Waals surface area contributed by atoms with E-state index in [2.05, 4.69) is 30.3 Å². The van der Waals surface area contributed by atoms with Crippen LogP contribution in [0.25, 0.3) is 5.65 Å². The topological polar surface area (TPSA) is 42.2 Å². The van der Waals surface area contributed by atoms with Crippen LogP contribution in [0.15, 0.2) is 18.3 Å². The quantitative estimate of drug-likeness (QED) is 0.731. The summed E-state index contributed by atoms with van der Waals surface area (Å²) >= 11 is 0. The zero-order valence-electron chi connectivity index (χ0n) is 15.9. The number of hydrogen-bond donors (Lipinski definition) is 1. The smallest absolute Gasteiger partial charge is 0.157 e. The number of fused-ring (bicyclic) bond motifs is 1. The molecule has 0 aliphatic heterocycles. The molecule has 0 aromatic carbocycles. The fourth-order valence-corrected chi connectivity index (χ4v) is 3.61. The minimum atomic E-state index is 0.597. The van der Waals surface area contributed by atoms with Crippen molar-refractivity contribution in [3.8, 4) is 0 Å². The molecular formula is C20H34N4. The molecule has 1 unspecified atom stereocenters. The molecule has 0 saturated heterocycles. The number of nitrogens with zero attached hydrogens (tertiary/aromatic N) is 3. The van der Waals surface area contributed by atoms with Crippen molar-refractivity contribution in [1.82, 2.24) is 14.6 Å². The summed E-state index contributed by atoms with van der Waals surface area (Å²) in [6.45, 7) is 8.55. The highest BCUT2D eigenvalue weighted by atomic mass is 15.3. The fraction of sp³-hybridized carbons (Fsp3) is 0.700. The van der Waals surface area contributed by atoms with E-state index in [9.17, 15) is 0 Å². The standard InChI is InChI=1S/C18H28N4.C2H6/c1-3-7-14(4-2)12-16-13-18(20-15-8-5-6-9-15)22-17(21-16)10-11-19-22;1-2/h10-11,13-15,20H,3-9,12H2,1-2H3;1-2H3. The molecule has 0 amide bonds. The minimum absolute atomic E-state index is 0.597. The SMILES string of the molecule is CC.CCCC(CC)Cc1cc(NC2CCCC2)n2nccc2n1. The van der Waals surface area contributed by atoms with Crippen LogP contribution in [0.5, 0.6) is 0 Å². The molecule has 1 aliphatic rings. The third kappa shape index (κ3) is 4.71. The Hall–Kier alpha value is -1.58. The number of hydrogen-bond acceptors (Lipinski definition) is 3. The van der Waals surface area contributed by atoms with Gasteiger partial charge in [0.25, 0.3) is 0 Å². The summed E-state index contributed by atoms with van der Waals surface area (Å²) in [6, 6.07) is 4.82. The van der Waals surface area contributed by atoms with Crippen LogP contribution in [0.3, 0.4) is 0 Å². The van der Waals surface area contributed by atoms with Crippen molar-refractivity contribution < 1.29 is 0 Å². The molecular weight excluding hydrogens is 296 g/mol. The van der Waals surface area contributed by atoms with E-state index in [-0.39, 0.29) is 0 Å². The number of nitrogens with one attached hydrogen (secondary N) is 1. The van der Waals surface area contributed by atoms with E-state index in [0.717, 1.165) is 23.8 Å². The highest BCUT2D eigenvalue weighted by molar-refractivity contribution is 5.49. The van der Waals surface area contributed by atoms with Crippen LogP contribution in [0, 0.1) is 5.92 Å². The predicted molar refractivity (Wildman–Crippen MR) is 103 cm³/mol. The molecule has 4 heteroatoms. The van der Waals surface area contributed by atoms with Crippen LogP contribution >= 0.6 is 0 Å². The minimum Gasteiger partial charge on any atom is -0.367 e. The molecule has 1 fully saturated rings. The number of aromatic nitrogens is 3. The first-order valence-electron chi connectivity index (χ1n) is 9.90. The maximum Gasteiger partial charge on any atom is 0.157 e. The highest BCUT2D eigenvalue weighted by Gasteiger charge is 2.17. The van der Waals surface area contributed by atoms with Crippen LogP contribution in [-0.2, 0) is 6.42 Å². The van der Waals surface area contributed by atoms with Crippen LogP contribution in [0.4, 0.5) is 5.82 Å². The first-order valence-corrected chi connectivity index (χ1v) is 9.90. The van der Waals surface area contributed by atoms with Crippen molar-refractivity contribution in [2.45, 2.75) is 85.1 Å². The van der Waals surface area contributed by atoms with E-state index in [0.29, 0.717) is 6.04 Å². The molecule has 1 aliphatic carbocycles. The highest BCUT2D eigenvalue weighted by Crippen LogP contribution is 2.24. The maximum absolute atomic E-state index is 4.80. The van der Waals surface area contributed by atoms with Crippen molar-refractivity contribution in [2.75, 3.05) is 5.32 Å². The summed E-state index contributed by atoms with van der Waals surface area (Å²) in [5, 5.41) is 8.12. The molecule has 134 valence electrons. The molecule has 0 bridgehead atoms. The normalized spacial score (nSPS) is 16.0. The molecule has 0 spiro atoms. The second-order valence-corrected chi connectivity index (χ2v) is 6.63. The third-order valence-electron chi connectivity index (χ3n) is 4.89. The van der Waals surface area contributed by atoms with Crippen molar-refractivity contribution in [1.29, 1.82) is 0 Å². The first-order chi connectivity index (χ1) is 11.8. The zero-order chi connectivity index (χ0) is 17.4. The Kier molecular flexibility index (Phi) is 7.54. The van der Waals surface area contributed by atoms with Gasteiger partial charge in [-0.2, -0.15) is 9.61 Å². The van der Waals surface area contributed by atoms with E-state index in [1.54, 1.807) is 0 Å². The van der Waals surface area contributed by atoms with Crippen LogP contribution in [0.1, 0.15) is 78.3 Å². The van der Waals surface area contributed by atoms with Crippen molar-refractivity contribution in [2.24, 2.45) is 5.92 Å². The summed E-state index contributed by atoms with van der Waals surface area (Å²) in [5.41, 5.74) is 2.16. The van der Waals surface area contributed by atoms with E-state index >= 15 is 0 Å². The first kappa shape index (κ1) is 18.8. The predicted octanol–water partition coefficient (Wildman–Crippen LogP) is 5.48. The average molecular weight is 331 g/mol. The van der Waals surface area contributed by atoms with Gasteiger partial charge in [0.1, 0.15) is 5.82 Å². The summed E-state index contributed by atoms with van der Waals surface area (Å²) < 4.78 is 1.95. The molecule has 24 heavy (non-hydrogen) atoms. The van der Waals surface area contributed by atoms with E-state index in [1.165, 1.54) is 50.6 Å². The van der Waals surface area contributed by atoms with Crippen molar-refractivity contribution >= 4 is 11.5 Å². The fourth-order valence-electron chi connectivity index (χ4n) is 3.61. The molecule has 2 aromatic rings. The summed E-state index contributed by atoms with van der Waals surface area (Å²) in [5.74, 6) is 1.85. The summed E-state index contributed by atoms with van der Waals surface area (Å²) in [7, 11) is 0. The Morgan fingerprint density at radius 3 is 2.67 bits per heavy atom. The van der Waals surface area contributed by atoms with Gasteiger partial charge in [-0.25, -0.2) is 4.98 Å². The molecule has 3 rings (SSSR count). The molecule has 4 nitrogen and oxygen atoms in total.